The van der Waals surface area contributed by atoms with Crippen LogP contribution in [0.1, 0.15) is 13.8 Å². The molecule has 1 heterocycles. The van der Waals surface area contributed by atoms with E-state index in [1.54, 1.807) is 0 Å². The zero-order valence-electron chi connectivity index (χ0n) is 11.7. The third-order valence-electron chi connectivity index (χ3n) is 3.51. The second-order valence-corrected chi connectivity index (χ2v) is 5.27. The molecule has 0 aliphatic carbocycles. The Morgan fingerprint density at radius 1 is 1.45 bits per heavy atom. The summed E-state index contributed by atoms with van der Waals surface area (Å²) in [5.74, 6) is -0.677. The summed E-state index contributed by atoms with van der Waals surface area (Å²) >= 11 is 0. The normalized spacial score (nSPS) is 23.8. The van der Waals surface area contributed by atoms with Gasteiger partial charge in [-0.25, -0.2) is 8.78 Å². The molecule has 1 aromatic rings. The summed E-state index contributed by atoms with van der Waals surface area (Å²) in [5, 5.41) is 3.35. The predicted octanol–water partition coefficient (Wildman–Crippen LogP) is 1.43. The molecule has 6 heteroatoms. The van der Waals surface area contributed by atoms with Crippen LogP contribution in [0.2, 0.25) is 0 Å². The monoisotopic (exact) mass is 285 g/mol. The van der Waals surface area contributed by atoms with Crippen LogP contribution in [-0.4, -0.2) is 31.8 Å². The van der Waals surface area contributed by atoms with Crippen molar-refractivity contribution in [3.63, 3.8) is 0 Å². The molecule has 0 aromatic heterocycles. The fourth-order valence-corrected chi connectivity index (χ4v) is 2.11. The quantitative estimate of drug-likeness (QED) is 0.740. The van der Waals surface area contributed by atoms with Crippen LogP contribution in [0.15, 0.2) is 18.2 Å². The van der Waals surface area contributed by atoms with E-state index in [9.17, 15) is 8.78 Å². The number of hydrogen-bond acceptors (Lipinski definition) is 4. The minimum absolute atomic E-state index is 0.0811. The lowest BCUT2D eigenvalue weighted by Gasteiger charge is -2.19. The highest BCUT2D eigenvalue weighted by molar-refractivity contribution is 5.24. The van der Waals surface area contributed by atoms with Crippen LogP contribution in [-0.2, 0) is 0 Å². The molecule has 0 saturated carbocycles. The Bertz CT molecular complexity index is 444. The van der Waals surface area contributed by atoms with Gasteiger partial charge in [0, 0.05) is 37.2 Å². The van der Waals surface area contributed by atoms with Crippen molar-refractivity contribution in [2.75, 3.05) is 19.7 Å². The molecule has 3 N–H and O–H groups in total. The molecule has 0 spiro atoms. The number of rotatable bonds is 6. The number of halogens is 2. The second-order valence-electron chi connectivity index (χ2n) is 5.27. The molecule has 112 valence electrons. The van der Waals surface area contributed by atoms with Gasteiger partial charge >= 0.3 is 0 Å². The van der Waals surface area contributed by atoms with E-state index in [4.69, 9.17) is 4.74 Å². The minimum atomic E-state index is -0.671. The molecule has 1 fully saturated rings. The maximum absolute atomic E-state index is 13.4. The van der Waals surface area contributed by atoms with E-state index in [2.05, 4.69) is 23.1 Å². The van der Waals surface area contributed by atoms with Crippen molar-refractivity contribution in [3.8, 4) is 5.75 Å². The summed E-state index contributed by atoms with van der Waals surface area (Å²) < 4.78 is 31.5. The highest BCUT2D eigenvalue weighted by atomic mass is 19.1. The van der Waals surface area contributed by atoms with Crippen LogP contribution in [0.3, 0.4) is 0 Å². The highest BCUT2D eigenvalue weighted by Crippen LogP contribution is 2.17. The van der Waals surface area contributed by atoms with Crippen LogP contribution in [0.5, 0.6) is 5.75 Å². The lowest BCUT2D eigenvalue weighted by molar-refractivity contribution is 0.255. The molecular formula is C14H21F2N3O. The topological polar surface area (TPSA) is 45.3 Å². The van der Waals surface area contributed by atoms with E-state index in [-0.39, 0.29) is 11.8 Å². The summed E-state index contributed by atoms with van der Waals surface area (Å²) in [6.07, 6.45) is 0. The summed E-state index contributed by atoms with van der Waals surface area (Å²) in [6, 6.07) is 3.83. The van der Waals surface area contributed by atoms with Gasteiger partial charge in [-0.05, 0) is 26.0 Å². The minimum Gasteiger partial charge on any atom is -0.489 e. The van der Waals surface area contributed by atoms with Gasteiger partial charge in [0.1, 0.15) is 12.4 Å². The van der Waals surface area contributed by atoms with E-state index in [0.717, 1.165) is 19.2 Å². The molecule has 1 aromatic carbocycles. The van der Waals surface area contributed by atoms with Gasteiger partial charge in [0.2, 0.25) is 0 Å². The summed E-state index contributed by atoms with van der Waals surface area (Å²) in [5.41, 5.74) is 6.27. The molecule has 0 amide bonds. The van der Waals surface area contributed by atoms with Gasteiger partial charge < -0.3 is 10.1 Å². The molecule has 20 heavy (non-hydrogen) atoms. The van der Waals surface area contributed by atoms with Crippen LogP contribution in [0, 0.1) is 17.6 Å². The predicted molar refractivity (Wildman–Crippen MR) is 73.4 cm³/mol. The molecule has 1 aliphatic rings. The second kappa shape index (κ2) is 6.97. The molecule has 2 rings (SSSR count). The molecular weight excluding hydrogens is 264 g/mol. The maximum atomic E-state index is 13.4. The molecule has 3 atom stereocenters. The van der Waals surface area contributed by atoms with Crippen molar-refractivity contribution in [3.05, 3.63) is 29.8 Å². The van der Waals surface area contributed by atoms with E-state index in [1.807, 2.05) is 6.92 Å². The largest absolute Gasteiger partial charge is 0.489 e. The number of benzene rings is 1. The number of ether oxygens (including phenoxy) is 1. The molecule has 3 unspecified atom stereocenters. The van der Waals surface area contributed by atoms with Gasteiger partial charge in [0.05, 0.1) is 0 Å². The van der Waals surface area contributed by atoms with Gasteiger partial charge in [0.15, 0.2) is 11.6 Å². The summed E-state index contributed by atoms with van der Waals surface area (Å²) in [6.45, 7) is 6.22. The Hall–Kier alpha value is -1.24. The Balaban J connectivity index is 1.73. The van der Waals surface area contributed by atoms with Crippen LogP contribution in [0.4, 0.5) is 8.78 Å². The Labute approximate surface area is 117 Å². The van der Waals surface area contributed by atoms with Crippen molar-refractivity contribution < 1.29 is 13.5 Å². The Morgan fingerprint density at radius 2 is 2.25 bits per heavy atom. The highest BCUT2D eigenvalue weighted by Gasteiger charge is 2.22. The first-order valence-electron chi connectivity index (χ1n) is 6.86. The van der Waals surface area contributed by atoms with Gasteiger partial charge in [-0.1, -0.05) is 0 Å². The van der Waals surface area contributed by atoms with Gasteiger partial charge in [0.25, 0.3) is 0 Å². The summed E-state index contributed by atoms with van der Waals surface area (Å²) in [7, 11) is 0. The van der Waals surface area contributed by atoms with Gasteiger partial charge in [-0.2, -0.15) is 0 Å². The lowest BCUT2D eigenvalue weighted by atomic mass is 10.0. The molecule has 4 nitrogen and oxygen atoms in total. The zero-order valence-corrected chi connectivity index (χ0v) is 11.7. The van der Waals surface area contributed by atoms with E-state index < -0.39 is 11.6 Å². The number of nitrogens with one attached hydrogen (secondary N) is 3. The standard InChI is InChI=1S/C14H21F2N3O/c1-9(17-6-11-7-18-19-10(11)2)8-20-14-4-3-12(15)5-13(14)16/h3-5,9-11,17-19H,6-8H2,1-2H3. The smallest absolute Gasteiger partial charge is 0.167 e. The van der Waals surface area contributed by atoms with Crippen molar-refractivity contribution in [1.29, 1.82) is 0 Å². The third kappa shape index (κ3) is 4.13. The maximum Gasteiger partial charge on any atom is 0.167 e. The third-order valence-corrected chi connectivity index (χ3v) is 3.51. The van der Waals surface area contributed by atoms with E-state index in [1.165, 1.54) is 12.1 Å². The zero-order chi connectivity index (χ0) is 14.5. The lowest BCUT2D eigenvalue weighted by Crippen LogP contribution is -2.39. The number of hydrazine groups is 1. The van der Waals surface area contributed by atoms with Crippen LogP contribution < -0.4 is 20.9 Å². The molecule has 0 bridgehead atoms. The average molecular weight is 285 g/mol. The molecule has 0 radical (unpaired) electrons. The van der Waals surface area contributed by atoms with Gasteiger partial charge in [-0.3, -0.25) is 10.9 Å². The fourth-order valence-electron chi connectivity index (χ4n) is 2.11. The van der Waals surface area contributed by atoms with E-state index >= 15 is 0 Å². The van der Waals surface area contributed by atoms with Crippen molar-refractivity contribution >= 4 is 0 Å². The van der Waals surface area contributed by atoms with Crippen molar-refractivity contribution in [2.24, 2.45) is 5.92 Å². The van der Waals surface area contributed by atoms with Crippen molar-refractivity contribution in [2.45, 2.75) is 25.9 Å². The Kier molecular flexibility index (Phi) is 5.28. The first-order valence-corrected chi connectivity index (χ1v) is 6.86. The van der Waals surface area contributed by atoms with Crippen LogP contribution >= 0.6 is 0 Å². The fraction of sp³-hybridized carbons (Fsp3) is 0.571. The average Bonchev–Trinajstić information content (AvgIpc) is 2.81. The summed E-state index contributed by atoms with van der Waals surface area (Å²) in [4.78, 5) is 0. The Morgan fingerprint density at radius 3 is 2.90 bits per heavy atom. The van der Waals surface area contributed by atoms with Crippen molar-refractivity contribution in [1.82, 2.24) is 16.2 Å². The van der Waals surface area contributed by atoms with E-state index in [0.29, 0.717) is 18.6 Å². The molecule has 1 aliphatic heterocycles. The first-order chi connectivity index (χ1) is 9.56. The number of hydrogen-bond donors (Lipinski definition) is 3. The molecule has 1 saturated heterocycles. The first kappa shape index (κ1) is 15.2. The SMILES string of the molecule is CC(COc1ccc(F)cc1F)NCC1CNNC1C. The van der Waals surface area contributed by atoms with Gasteiger partial charge in [-0.15, -0.1) is 0 Å². The van der Waals surface area contributed by atoms with Crippen LogP contribution in [0.25, 0.3) is 0 Å².